The van der Waals surface area contributed by atoms with Gasteiger partial charge in [-0.2, -0.15) is 5.10 Å². The lowest BCUT2D eigenvalue weighted by Crippen LogP contribution is -2.03. The first-order valence-electron chi connectivity index (χ1n) is 6.58. The largest absolute Gasteiger partial charge is 0.340 e. The highest BCUT2D eigenvalue weighted by Crippen LogP contribution is 2.27. The molecule has 0 aliphatic heterocycles. The van der Waals surface area contributed by atoms with E-state index in [1.807, 2.05) is 0 Å². The number of hydrogen-bond acceptors (Lipinski definition) is 4. The van der Waals surface area contributed by atoms with Gasteiger partial charge in [0.15, 0.2) is 11.5 Å². The third-order valence-corrected chi connectivity index (χ3v) is 3.80. The van der Waals surface area contributed by atoms with Gasteiger partial charge < -0.3 is 4.98 Å². The third kappa shape index (κ3) is 2.49. The van der Waals surface area contributed by atoms with Gasteiger partial charge >= 0.3 is 0 Å². The Bertz CT molecular complexity index is 776. The number of rotatable bonds is 4. The average Bonchev–Trinajstić information content (AvgIpc) is 3.02. The van der Waals surface area contributed by atoms with Crippen molar-refractivity contribution in [3.05, 3.63) is 29.1 Å². The van der Waals surface area contributed by atoms with Crippen LogP contribution in [0.5, 0.6) is 0 Å². The van der Waals surface area contributed by atoms with E-state index in [0.717, 1.165) is 17.7 Å². The molecular weight excluding hydrogens is 311 g/mol. The van der Waals surface area contributed by atoms with Crippen LogP contribution in [0, 0.1) is 5.92 Å². The number of aromatic amines is 1. The standard InChI is InChI=1S/C13H14Cl2N6/c1-7(2)3-9-8(4-14)11(15)21(20-9)13-10-12(17-5-16-10)18-6-19-13/h5-7H,3-4H2,1-2H3,(H,16,17,18,19). The van der Waals surface area contributed by atoms with Gasteiger partial charge in [-0.25, -0.2) is 19.6 Å². The minimum Gasteiger partial charge on any atom is -0.340 e. The highest BCUT2D eigenvalue weighted by atomic mass is 35.5. The molecule has 0 fully saturated rings. The maximum absolute atomic E-state index is 6.44. The fourth-order valence-electron chi connectivity index (χ4n) is 2.21. The Hall–Kier alpha value is -1.66. The van der Waals surface area contributed by atoms with Crippen LogP contribution in [0.3, 0.4) is 0 Å². The second kappa shape index (κ2) is 5.61. The predicted molar refractivity (Wildman–Crippen MR) is 81.9 cm³/mol. The second-order valence-electron chi connectivity index (χ2n) is 5.16. The predicted octanol–water partition coefficient (Wildman–Crippen LogP) is 3.13. The number of H-pyrrole nitrogens is 1. The Labute approximate surface area is 131 Å². The lowest BCUT2D eigenvalue weighted by molar-refractivity contribution is 0.625. The van der Waals surface area contributed by atoms with Crippen LogP contribution in [0.25, 0.3) is 17.0 Å². The molecule has 0 atom stereocenters. The fraction of sp³-hybridized carbons (Fsp3) is 0.385. The van der Waals surface area contributed by atoms with E-state index in [0.29, 0.717) is 33.9 Å². The molecule has 8 heteroatoms. The summed E-state index contributed by atoms with van der Waals surface area (Å²) in [5.74, 6) is 1.35. The van der Waals surface area contributed by atoms with Crippen LogP contribution in [-0.4, -0.2) is 29.7 Å². The number of nitrogens with one attached hydrogen (secondary N) is 1. The van der Waals surface area contributed by atoms with Gasteiger partial charge in [0, 0.05) is 5.56 Å². The van der Waals surface area contributed by atoms with Crippen LogP contribution < -0.4 is 0 Å². The number of imidazole rings is 1. The summed E-state index contributed by atoms with van der Waals surface area (Å²) in [5, 5.41) is 5.06. The average molecular weight is 325 g/mol. The molecule has 0 bridgehead atoms. The lowest BCUT2D eigenvalue weighted by Gasteiger charge is -2.02. The summed E-state index contributed by atoms with van der Waals surface area (Å²) >= 11 is 12.5. The first-order chi connectivity index (χ1) is 10.1. The molecule has 0 unspecified atom stereocenters. The monoisotopic (exact) mass is 324 g/mol. The summed E-state index contributed by atoms with van der Waals surface area (Å²) in [4.78, 5) is 15.5. The van der Waals surface area contributed by atoms with Gasteiger partial charge in [-0.05, 0) is 12.3 Å². The lowest BCUT2D eigenvalue weighted by atomic mass is 10.1. The van der Waals surface area contributed by atoms with Crippen LogP contribution in [0.4, 0.5) is 0 Å². The first kappa shape index (κ1) is 14.3. The molecule has 3 rings (SSSR count). The smallest absolute Gasteiger partial charge is 0.184 e. The highest BCUT2D eigenvalue weighted by Gasteiger charge is 2.20. The minimum atomic E-state index is 0.318. The Morgan fingerprint density at radius 3 is 2.81 bits per heavy atom. The summed E-state index contributed by atoms with van der Waals surface area (Å²) in [6.45, 7) is 4.26. The van der Waals surface area contributed by atoms with E-state index in [1.54, 1.807) is 11.0 Å². The van der Waals surface area contributed by atoms with Crippen LogP contribution in [-0.2, 0) is 12.3 Å². The number of alkyl halides is 1. The molecule has 0 aromatic carbocycles. The third-order valence-electron chi connectivity index (χ3n) is 3.14. The van der Waals surface area contributed by atoms with Gasteiger partial charge in [-0.15, -0.1) is 11.6 Å². The molecule has 21 heavy (non-hydrogen) atoms. The van der Waals surface area contributed by atoms with Gasteiger partial charge in [0.25, 0.3) is 0 Å². The summed E-state index contributed by atoms with van der Waals surface area (Å²) in [7, 11) is 0. The molecule has 0 spiro atoms. The summed E-state index contributed by atoms with van der Waals surface area (Å²) in [5.41, 5.74) is 3.01. The molecule has 3 aromatic rings. The second-order valence-corrected chi connectivity index (χ2v) is 5.78. The molecule has 0 saturated carbocycles. The van der Waals surface area contributed by atoms with E-state index in [2.05, 4.69) is 38.9 Å². The van der Waals surface area contributed by atoms with Crippen LogP contribution >= 0.6 is 23.2 Å². The van der Waals surface area contributed by atoms with Gasteiger partial charge in [0.05, 0.1) is 17.9 Å². The minimum absolute atomic E-state index is 0.318. The maximum atomic E-state index is 6.44. The normalized spacial score (nSPS) is 11.7. The van der Waals surface area contributed by atoms with Crippen molar-refractivity contribution in [2.45, 2.75) is 26.1 Å². The van der Waals surface area contributed by atoms with Crippen molar-refractivity contribution >= 4 is 34.4 Å². The molecular formula is C13H14Cl2N6. The first-order valence-corrected chi connectivity index (χ1v) is 7.49. The maximum Gasteiger partial charge on any atom is 0.184 e. The Balaban J connectivity index is 2.18. The van der Waals surface area contributed by atoms with Crippen molar-refractivity contribution in [3.8, 4) is 5.82 Å². The van der Waals surface area contributed by atoms with Crippen molar-refractivity contribution in [2.24, 2.45) is 5.92 Å². The Morgan fingerprint density at radius 1 is 1.29 bits per heavy atom. The number of hydrogen-bond donors (Lipinski definition) is 1. The number of aromatic nitrogens is 6. The molecule has 110 valence electrons. The molecule has 0 radical (unpaired) electrons. The van der Waals surface area contributed by atoms with Crippen molar-refractivity contribution in [2.75, 3.05) is 0 Å². The number of halogens is 2. The van der Waals surface area contributed by atoms with Crippen LogP contribution in [0.15, 0.2) is 12.7 Å². The van der Waals surface area contributed by atoms with Crippen molar-refractivity contribution in [1.82, 2.24) is 29.7 Å². The summed E-state index contributed by atoms with van der Waals surface area (Å²) in [6, 6.07) is 0. The van der Waals surface area contributed by atoms with Crippen LogP contribution in [0.1, 0.15) is 25.1 Å². The molecule has 0 amide bonds. The topological polar surface area (TPSA) is 72.3 Å². The Morgan fingerprint density at radius 2 is 2.10 bits per heavy atom. The number of nitrogens with zero attached hydrogens (tertiary/aromatic N) is 5. The fourth-order valence-corrected chi connectivity index (χ4v) is 2.85. The van der Waals surface area contributed by atoms with Crippen LogP contribution in [0.2, 0.25) is 5.15 Å². The molecule has 3 heterocycles. The summed E-state index contributed by atoms with van der Waals surface area (Å²) < 4.78 is 1.60. The van der Waals surface area contributed by atoms with E-state index in [9.17, 15) is 0 Å². The number of fused-ring (bicyclic) bond motifs is 1. The summed E-state index contributed by atoms with van der Waals surface area (Å²) in [6.07, 6.45) is 3.82. The molecule has 6 nitrogen and oxygen atoms in total. The van der Waals surface area contributed by atoms with Crippen molar-refractivity contribution < 1.29 is 0 Å². The van der Waals surface area contributed by atoms with Gasteiger partial charge in [-0.3, -0.25) is 0 Å². The van der Waals surface area contributed by atoms with E-state index in [-0.39, 0.29) is 0 Å². The molecule has 3 aromatic heterocycles. The van der Waals surface area contributed by atoms with Crippen molar-refractivity contribution in [1.29, 1.82) is 0 Å². The highest BCUT2D eigenvalue weighted by molar-refractivity contribution is 6.31. The van der Waals surface area contributed by atoms with Gasteiger partial charge in [0.1, 0.15) is 17.0 Å². The van der Waals surface area contributed by atoms with Crippen molar-refractivity contribution in [3.63, 3.8) is 0 Å². The molecule has 0 aliphatic carbocycles. The van der Waals surface area contributed by atoms with Gasteiger partial charge in [-0.1, -0.05) is 25.4 Å². The van der Waals surface area contributed by atoms with E-state index in [1.165, 1.54) is 6.33 Å². The molecule has 0 saturated heterocycles. The quantitative estimate of drug-likeness (QED) is 0.748. The van der Waals surface area contributed by atoms with Gasteiger partial charge in [0.2, 0.25) is 0 Å². The molecule has 1 N–H and O–H groups in total. The zero-order valence-corrected chi connectivity index (χ0v) is 13.2. The SMILES string of the molecule is CC(C)Cc1nn(-c2ncnc3nc[nH]c23)c(Cl)c1CCl. The zero-order chi connectivity index (χ0) is 15.0. The zero-order valence-electron chi connectivity index (χ0n) is 11.6. The van der Waals surface area contributed by atoms with E-state index < -0.39 is 0 Å². The Kier molecular flexibility index (Phi) is 3.82. The van der Waals surface area contributed by atoms with E-state index in [4.69, 9.17) is 23.2 Å². The van der Waals surface area contributed by atoms with E-state index >= 15 is 0 Å². The molecule has 0 aliphatic rings.